The highest BCUT2D eigenvalue weighted by atomic mass is 15.2. The van der Waals surface area contributed by atoms with E-state index in [1.54, 1.807) is 0 Å². The van der Waals surface area contributed by atoms with Crippen LogP contribution in [0.3, 0.4) is 0 Å². The molecule has 2 unspecified atom stereocenters. The maximum Gasteiger partial charge on any atom is 0.0198 e. The third-order valence-electron chi connectivity index (χ3n) is 3.46. The van der Waals surface area contributed by atoms with E-state index in [2.05, 4.69) is 23.7 Å². The predicted molar refractivity (Wildman–Crippen MR) is 60.4 cm³/mol. The molecule has 0 aromatic rings. The molecule has 0 aromatic heterocycles. The maximum absolute atomic E-state index is 3.97. The lowest BCUT2D eigenvalue weighted by Crippen LogP contribution is -2.35. The third kappa shape index (κ3) is 2.58. The van der Waals surface area contributed by atoms with Crippen molar-refractivity contribution in [3.8, 4) is 0 Å². The molecule has 2 nitrogen and oxygen atoms in total. The van der Waals surface area contributed by atoms with Gasteiger partial charge in [-0.3, -0.25) is 0 Å². The van der Waals surface area contributed by atoms with Crippen LogP contribution in [0.25, 0.3) is 0 Å². The van der Waals surface area contributed by atoms with Crippen LogP contribution in [0.15, 0.2) is 12.2 Å². The van der Waals surface area contributed by atoms with Gasteiger partial charge in [0.1, 0.15) is 0 Å². The Morgan fingerprint density at radius 2 is 2.14 bits per heavy atom. The molecule has 0 spiro atoms. The molecule has 2 heterocycles. The summed E-state index contributed by atoms with van der Waals surface area (Å²) >= 11 is 0. The predicted octanol–water partition coefficient (Wildman–Crippen LogP) is 1.78. The monoisotopic (exact) mass is 194 g/mol. The molecule has 0 aromatic carbocycles. The van der Waals surface area contributed by atoms with Gasteiger partial charge in [-0.2, -0.15) is 0 Å². The normalized spacial score (nSPS) is 32.9. The lowest BCUT2D eigenvalue weighted by Gasteiger charge is -2.23. The summed E-state index contributed by atoms with van der Waals surface area (Å²) in [7, 11) is 0. The van der Waals surface area contributed by atoms with Gasteiger partial charge in [0.25, 0.3) is 0 Å². The van der Waals surface area contributed by atoms with Gasteiger partial charge in [0.15, 0.2) is 0 Å². The number of likely N-dealkylation sites (tertiary alicyclic amines) is 1. The minimum Gasteiger partial charge on any atom is -0.310 e. The molecule has 2 rings (SSSR count). The number of rotatable bonds is 3. The lowest BCUT2D eigenvalue weighted by molar-refractivity contribution is 0.262. The van der Waals surface area contributed by atoms with Gasteiger partial charge in [0.2, 0.25) is 0 Å². The van der Waals surface area contributed by atoms with Crippen molar-refractivity contribution in [3.63, 3.8) is 0 Å². The lowest BCUT2D eigenvalue weighted by atomic mass is 10.1. The molecular weight excluding hydrogens is 172 g/mol. The first kappa shape index (κ1) is 10.2. The third-order valence-corrected chi connectivity index (χ3v) is 3.46. The standard InChI is InChI=1S/C12H22N2/c1-10(2)5-7-14-8-6-11-3-4-12(9-14)13-11/h11-13H,1,3-9H2,2H3. The zero-order chi connectivity index (χ0) is 9.97. The number of nitrogens with zero attached hydrogens (tertiary/aromatic N) is 1. The number of fused-ring (bicyclic) bond motifs is 2. The van der Waals surface area contributed by atoms with Gasteiger partial charge < -0.3 is 10.2 Å². The fourth-order valence-electron chi connectivity index (χ4n) is 2.57. The average molecular weight is 194 g/mol. The molecule has 0 aliphatic carbocycles. The van der Waals surface area contributed by atoms with E-state index in [1.165, 1.54) is 44.5 Å². The Morgan fingerprint density at radius 1 is 1.36 bits per heavy atom. The summed E-state index contributed by atoms with van der Waals surface area (Å²) in [5.41, 5.74) is 1.31. The van der Waals surface area contributed by atoms with Gasteiger partial charge in [0, 0.05) is 25.2 Å². The summed E-state index contributed by atoms with van der Waals surface area (Å²) in [4.78, 5) is 2.60. The van der Waals surface area contributed by atoms with E-state index in [0.29, 0.717) is 0 Å². The second kappa shape index (κ2) is 4.45. The van der Waals surface area contributed by atoms with Crippen molar-refractivity contribution in [1.29, 1.82) is 0 Å². The maximum atomic E-state index is 3.97. The van der Waals surface area contributed by atoms with Crippen molar-refractivity contribution < 1.29 is 0 Å². The first-order valence-corrected chi connectivity index (χ1v) is 5.87. The van der Waals surface area contributed by atoms with Gasteiger partial charge in [-0.1, -0.05) is 5.57 Å². The molecule has 2 heteroatoms. The molecule has 2 saturated heterocycles. The Kier molecular flexibility index (Phi) is 3.24. The van der Waals surface area contributed by atoms with Crippen molar-refractivity contribution in [2.75, 3.05) is 19.6 Å². The van der Waals surface area contributed by atoms with E-state index in [0.717, 1.165) is 18.5 Å². The smallest absolute Gasteiger partial charge is 0.0198 e. The van der Waals surface area contributed by atoms with E-state index in [1.807, 2.05) is 0 Å². The summed E-state index contributed by atoms with van der Waals surface area (Å²) < 4.78 is 0. The Balaban J connectivity index is 1.80. The molecular formula is C12H22N2. The van der Waals surface area contributed by atoms with E-state index in [4.69, 9.17) is 0 Å². The van der Waals surface area contributed by atoms with Crippen molar-refractivity contribution in [1.82, 2.24) is 10.2 Å². The molecule has 2 aliphatic rings. The summed E-state index contributed by atoms with van der Waals surface area (Å²) in [6.07, 6.45) is 5.29. The van der Waals surface area contributed by atoms with Crippen LogP contribution < -0.4 is 5.32 Å². The SMILES string of the molecule is C=C(C)CCN1CCC2CCC(C1)N2. The highest BCUT2D eigenvalue weighted by molar-refractivity contribution is 4.92. The Bertz CT molecular complexity index is 212. The molecule has 0 radical (unpaired) electrons. The van der Waals surface area contributed by atoms with Crippen LogP contribution in [-0.2, 0) is 0 Å². The minimum absolute atomic E-state index is 0.771. The Morgan fingerprint density at radius 3 is 2.93 bits per heavy atom. The molecule has 14 heavy (non-hydrogen) atoms. The molecule has 2 bridgehead atoms. The van der Waals surface area contributed by atoms with Crippen molar-refractivity contribution in [2.45, 2.75) is 44.7 Å². The zero-order valence-electron chi connectivity index (χ0n) is 9.26. The van der Waals surface area contributed by atoms with Crippen LogP contribution in [0.5, 0.6) is 0 Å². The molecule has 0 saturated carbocycles. The molecule has 1 N–H and O–H groups in total. The van der Waals surface area contributed by atoms with Crippen LogP contribution in [0.4, 0.5) is 0 Å². The summed E-state index contributed by atoms with van der Waals surface area (Å²) in [6.45, 7) is 9.84. The van der Waals surface area contributed by atoms with Crippen molar-refractivity contribution in [2.24, 2.45) is 0 Å². The number of hydrogen-bond donors (Lipinski definition) is 1. The molecule has 80 valence electrons. The van der Waals surface area contributed by atoms with Gasteiger partial charge in [0.05, 0.1) is 0 Å². The van der Waals surface area contributed by atoms with E-state index in [9.17, 15) is 0 Å². The summed E-state index contributed by atoms with van der Waals surface area (Å²) in [6, 6.07) is 1.59. The van der Waals surface area contributed by atoms with Crippen LogP contribution in [0.1, 0.15) is 32.6 Å². The molecule has 2 aliphatic heterocycles. The minimum atomic E-state index is 0.771. The summed E-state index contributed by atoms with van der Waals surface area (Å²) in [5, 5.41) is 3.71. The summed E-state index contributed by atoms with van der Waals surface area (Å²) in [5.74, 6) is 0. The Labute approximate surface area is 87.4 Å². The average Bonchev–Trinajstić information content (AvgIpc) is 2.44. The molecule has 2 atom stereocenters. The highest BCUT2D eigenvalue weighted by Crippen LogP contribution is 2.20. The topological polar surface area (TPSA) is 15.3 Å². The van der Waals surface area contributed by atoms with Crippen LogP contribution in [-0.4, -0.2) is 36.6 Å². The fourth-order valence-corrected chi connectivity index (χ4v) is 2.57. The van der Waals surface area contributed by atoms with Gasteiger partial charge in [-0.15, -0.1) is 6.58 Å². The number of hydrogen-bond acceptors (Lipinski definition) is 2. The first-order valence-electron chi connectivity index (χ1n) is 5.87. The van der Waals surface area contributed by atoms with Gasteiger partial charge in [-0.05, 0) is 39.2 Å². The fraction of sp³-hybridized carbons (Fsp3) is 0.833. The highest BCUT2D eigenvalue weighted by Gasteiger charge is 2.28. The van der Waals surface area contributed by atoms with E-state index in [-0.39, 0.29) is 0 Å². The van der Waals surface area contributed by atoms with Crippen LogP contribution in [0, 0.1) is 0 Å². The zero-order valence-corrected chi connectivity index (χ0v) is 9.26. The van der Waals surface area contributed by atoms with Crippen LogP contribution in [0.2, 0.25) is 0 Å². The van der Waals surface area contributed by atoms with Gasteiger partial charge >= 0.3 is 0 Å². The Hall–Kier alpha value is -0.340. The number of nitrogens with one attached hydrogen (secondary N) is 1. The largest absolute Gasteiger partial charge is 0.310 e. The molecule has 0 amide bonds. The molecule has 2 fully saturated rings. The van der Waals surface area contributed by atoms with Crippen LogP contribution >= 0.6 is 0 Å². The van der Waals surface area contributed by atoms with E-state index >= 15 is 0 Å². The first-order chi connectivity index (χ1) is 6.74. The van der Waals surface area contributed by atoms with Crippen molar-refractivity contribution >= 4 is 0 Å². The van der Waals surface area contributed by atoms with Crippen molar-refractivity contribution in [3.05, 3.63) is 12.2 Å². The second-order valence-electron chi connectivity index (χ2n) is 4.93. The van der Waals surface area contributed by atoms with E-state index < -0.39 is 0 Å². The quantitative estimate of drug-likeness (QED) is 0.689. The van der Waals surface area contributed by atoms with Gasteiger partial charge in [-0.25, -0.2) is 0 Å². The second-order valence-corrected chi connectivity index (χ2v) is 4.93.